The molecule has 14 heavy (non-hydrogen) atoms. The lowest BCUT2D eigenvalue weighted by Gasteiger charge is -2.13. The topological polar surface area (TPSA) is 12.0 Å². The van der Waals surface area contributed by atoms with Crippen LogP contribution in [-0.4, -0.2) is 19.0 Å². The molecule has 1 atom stereocenters. The quantitative estimate of drug-likeness (QED) is 0.778. The summed E-state index contributed by atoms with van der Waals surface area (Å²) in [6.07, 6.45) is 1.13. The Balaban J connectivity index is 0.000000980. The molecule has 0 aliphatic carbocycles. The van der Waals surface area contributed by atoms with Crippen molar-refractivity contribution in [1.29, 1.82) is 0 Å². The molecule has 0 amide bonds. The first-order valence-electron chi connectivity index (χ1n) is 4.76. The number of fused-ring (bicyclic) bond motifs is 1. The molecule has 0 spiro atoms. The van der Waals surface area contributed by atoms with Gasteiger partial charge in [-0.15, -0.1) is 28.6 Å². The van der Waals surface area contributed by atoms with Gasteiger partial charge in [0.15, 0.2) is 0 Å². The number of rotatable bonds is 1. The van der Waals surface area contributed by atoms with Crippen molar-refractivity contribution in [3.05, 3.63) is 35.4 Å². The zero-order valence-electron chi connectivity index (χ0n) is 8.00. The summed E-state index contributed by atoms with van der Waals surface area (Å²) in [7, 11) is 0. The summed E-state index contributed by atoms with van der Waals surface area (Å²) in [6.45, 7) is 2.09. The number of nitrogens with one attached hydrogen (secondary N) is 1. The number of hydrogen-bond acceptors (Lipinski definition) is 1. The lowest BCUT2D eigenvalue weighted by molar-refractivity contribution is 0.647. The third kappa shape index (κ3) is 2.50. The summed E-state index contributed by atoms with van der Waals surface area (Å²) >= 11 is 5.94. The Bertz CT molecular complexity index is 290. The van der Waals surface area contributed by atoms with Gasteiger partial charge < -0.3 is 5.32 Å². The van der Waals surface area contributed by atoms with Crippen molar-refractivity contribution in [2.45, 2.75) is 12.3 Å². The molecule has 0 aromatic heterocycles. The Morgan fingerprint density at radius 1 is 1.36 bits per heavy atom. The fourth-order valence-corrected chi connectivity index (χ4v) is 2.18. The highest BCUT2D eigenvalue weighted by molar-refractivity contribution is 8.93. The van der Waals surface area contributed by atoms with Crippen LogP contribution in [0.1, 0.15) is 17.0 Å². The van der Waals surface area contributed by atoms with Crippen molar-refractivity contribution in [2.75, 3.05) is 19.0 Å². The zero-order chi connectivity index (χ0) is 9.10. The molecule has 1 aliphatic rings. The second-order valence-corrected chi connectivity index (χ2v) is 3.81. The average Bonchev–Trinajstić information content (AvgIpc) is 2.39. The Labute approximate surface area is 101 Å². The highest BCUT2D eigenvalue weighted by atomic mass is 79.9. The molecule has 0 fully saturated rings. The molecular weight excluding hydrogens is 261 g/mol. The standard InChI is InChI=1S/C11H14ClN.BrH/c12-7-10-8-13-6-5-9-3-1-2-4-11(9)10;/h1-4,10,13H,5-8H2;1H/t10-;/m1./s1. The number of alkyl halides is 1. The second-order valence-electron chi connectivity index (χ2n) is 3.50. The van der Waals surface area contributed by atoms with Crippen LogP contribution in [0.3, 0.4) is 0 Å². The maximum atomic E-state index is 5.94. The van der Waals surface area contributed by atoms with Crippen molar-refractivity contribution in [3.63, 3.8) is 0 Å². The molecule has 1 aliphatic heterocycles. The molecule has 1 aromatic rings. The van der Waals surface area contributed by atoms with Gasteiger partial charge in [-0.1, -0.05) is 24.3 Å². The Morgan fingerprint density at radius 3 is 2.93 bits per heavy atom. The van der Waals surface area contributed by atoms with Crippen molar-refractivity contribution in [2.24, 2.45) is 0 Å². The molecule has 1 N–H and O–H groups in total. The zero-order valence-corrected chi connectivity index (χ0v) is 10.5. The monoisotopic (exact) mass is 275 g/mol. The summed E-state index contributed by atoms with van der Waals surface area (Å²) in [6, 6.07) is 8.62. The normalized spacial score (nSPS) is 20.5. The van der Waals surface area contributed by atoms with Gasteiger partial charge in [0.05, 0.1) is 0 Å². The highest BCUT2D eigenvalue weighted by Gasteiger charge is 2.16. The van der Waals surface area contributed by atoms with Gasteiger partial charge in [0.1, 0.15) is 0 Å². The maximum absolute atomic E-state index is 5.94. The Kier molecular flexibility index (Phi) is 4.93. The molecule has 0 unspecified atom stereocenters. The molecule has 2 rings (SSSR count). The van der Waals surface area contributed by atoms with Crippen LogP contribution in [-0.2, 0) is 6.42 Å². The summed E-state index contributed by atoms with van der Waals surface area (Å²) in [5, 5.41) is 3.41. The van der Waals surface area contributed by atoms with E-state index in [1.807, 2.05) is 0 Å². The van der Waals surface area contributed by atoms with Gasteiger partial charge in [-0.3, -0.25) is 0 Å². The van der Waals surface area contributed by atoms with E-state index in [1.165, 1.54) is 11.1 Å². The van der Waals surface area contributed by atoms with Crippen LogP contribution in [0.25, 0.3) is 0 Å². The van der Waals surface area contributed by atoms with Gasteiger partial charge in [0, 0.05) is 18.3 Å². The van der Waals surface area contributed by atoms with Crippen LogP contribution in [0.15, 0.2) is 24.3 Å². The van der Waals surface area contributed by atoms with Crippen LogP contribution in [0.5, 0.6) is 0 Å². The fourth-order valence-electron chi connectivity index (χ4n) is 1.91. The third-order valence-corrected chi connectivity index (χ3v) is 3.02. The summed E-state index contributed by atoms with van der Waals surface area (Å²) in [4.78, 5) is 0. The largest absolute Gasteiger partial charge is 0.316 e. The predicted molar refractivity (Wildman–Crippen MR) is 66.8 cm³/mol. The van der Waals surface area contributed by atoms with E-state index in [4.69, 9.17) is 11.6 Å². The van der Waals surface area contributed by atoms with E-state index in [2.05, 4.69) is 29.6 Å². The van der Waals surface area contributed by atoms with E-state index in [0.29, 0.717) is 11.8 Å². The first kappa shape index (κ1) is 12.0. The van der Waals surface area contributed by atoms with Crippen molar-refractivity contribution in [1.82, 2.24) is 5.32 Å². The van der Waals surface area contributed by atoms with Gasteiger partial charge in [0.25, 0.3) is 0 Å². The molecule has 0 radical (unpaired) electrons. The molecule has 0 bridgehead atoms. The van der Waals surface area contributed by atoms with Crippen molar-refractivity contribution < 1.29 is 0 Å². The maximum Gasteiger partial charge on any atom is 0.0304 e. The van der Waals surface area contributed by atoms with Crippen LogP contribution in [0, 0.1) is 0 Å². The molecule has 78 valence electrons. The molecule has 1 heterocycles. The van der Waals surface area contributed by atoms with Gasteiger partial charge in [-0.25, -0.2) is 0 Å². The summed E-state index contributed by atoms with van der Waals surface area (Å²) in [5.41, 5.74) is 2.89. The smallest absolute Gasteiger partial charge is 0.0304 e. The van der Waals surface area contributed by atoms with Gasteiger partial charge in [0.2, 0.25) is 0 Å². The van der Waals surface area contributed by atoms with E-state index < -0.39 is 0 Å². The minimum atomic E-state index is 0. The molecule has 1 nitrogen and oxygen atoms in total. The molecule has 0 saturated heterocycles. The van der Waals surface area contributed by atoms with Gasteiger partial charge in [-0.2, -0.15) is 0 Å². The minimum Gasteiger partial charge on any atom is -0.316 e. The summed E-state index contributed by atoms with van der Waals surface area (Å²) in [5.74, 6) is 1.20. The Hall–Kier alpha value is -0.0500. The highest BCUT2D eigenvalue weighted by Crippen LogP contribution is 2.23. The van der Waals surface area contributed by atoms with Crippen LogP contribution >= 0.6 is 28.6 Å². The first-order valence-corrected chi connectivity index (χ1v) is 5.29. The van der Waals surface area contributed by atoms with Crippen LogP contribution in [0.4, 0.5) is 0 Å². The van der Waals surface area contributed by atoms with E-state index in [1.54, 1.807) is 0 Å². The van der Waals surface area contributed by atoms with Crippen molar-refractivity contribution >= 4 is 28.6 Å². The average molecular weight is 277 g/mol. The lowest BCUT2D eigenvalue weighted by Crippen LogP contribution is -2.20. The fraction of sp³-hybridized carbons (Fsp3) is 0.455. The second kappa shape index (κ2) is 5.74. The van der Waals surface area contributed by atoms with E-state index >= 15 is 0 Å². The number of hydrogen-bond donors (Lipinski definition) is 1. The van der Waals surface area contributed by atoms with E-state index in [-0.39, 0.29) is 17.0 Å². The van der Waals surface area contributed by atoms with E-state index in [0.717, 1.165) is 19.5 Å². The van der Waals surface area contributed by atoms with Crippen LogP contribution in [0.2, 0.25) is 0 Å². The third-order valence-electron chi connectivity index (χ3n) is 2.64. The first-order chi connectivity index (χ1) is 6.42. The predicted octanol–water partition coefficient (Wildman–Crippen LogP) is 2.73. The SMILES string of the molecule is Br.ClC[C@@H]1CNCCc2ccccc21. The lowest BCUT2D eigenvalue weighted by atomic mass is 9.95. The molecule has 1 aromatic carbocycles. The van der Waals surface area contributed by atoms with E-state index in [9.17, 15) is 0 Å². The van der Waals surface area contributed by atoms with Crippen molar-refractivity contribution in [3.8, 4) is 0 Å². The number of halogens is 2. The molecule has 0 saturated carbocycles. The number of benzene rings is 1. The van der Waals surface area contributed by atoms with Gasteiger partial charge >= 0.3 is 0 Å². The molecule has 3 heteroatoms. The van der Waals surface area contributed by atoms with Crippen LogP contribution < -0.4 is 5.32 Å². The Morgan fingerprint density at radius 2 is 2.14 bits per heavy atom. The van der Waals surface area contributed by atoms with Gasteiger partial charge in [-0.05, 0) is 24.1 Å². The molecular formula is C11H15BrClN. The minimum absolute atomic E-state index is 0. The summed E-state index contributed by atoms with van der Waals surface area (Å²) < 4.78 is 0.